The molecule has 23 heavy (non-hydrogen) atoms. The fourth-order valence-corrected chi connectivity index (χ4v) is 4.15. The molecule has 1 aromatic carbocycles. The Balaban J connectivity index is 1.65. The highest BCUT2D eigenvalue weighted by Gasteiger charge is 2.25. The minimum Gasteiger partial charge on any atom is -0.343 e. The molecule has 1 amide bonds. The van der Waals surface area contributed by atoms with Crippen LogP contribution in [0.3, 0.4) is 0 Å². The monoisotopic (exact) mass is 335 g/mol. The summed E-state index contributed by atoms with van der Waals surface area (Å²) in [4.78, 5) is 14.4. The second-order valence-electron chi connectivity index (χ2n) is 5.93. The molecule has 0 unspecified atom stereocenters. The van der Waals surface area contributed by atoms with Gasteiger partial charge in [0.05, 0.1) is 5.69 Å². The van der Waals surface area contributed by atoms with Gasteiger partial charge in [0.2, 0.25) is 5.91 Å². The van der Waals surface area contributed by atoms with Crippen LogP contribution < -0.4 is 5.32 Å². The molecule has 0 bridgehead atoms. The molecule has 1 saturated heterocycles. The lowest BCUT2D eigenvalue weighted by atomic mass is 10.2. The van der Waals surface area contributed by atoms with E-state index in [1.807, 2.05) is 4.90 Å². The normalized spacial score (nSPS) is 20.0. The topological polar surface area (TPSA) is 78.8 Å². The molecule has 1 fully saturated rings. The number of amidine groups is 1. The zero-order valence-corrected chi connectivity index (χ0v) is 13.8. The number of carbonyl (C=O) groups excluding carboxylic acids is 1. The van der Waals surface area contributed by atoms with Crippen molar-refractivity contribution in [2.75, 3.05) is 18.4 Å². The van der Waals surface area contributed by atoms with E-state index in [4.69, 9.17) is 0 Å². The summed E-state index contributed by atoms with van der Waals surface area (Å²) in [5.41, 5.74) is 0.528. The highest BCUT2D eigenvalue weighted by atomic mass is 32.2. The van der Waals surface area contributed by atoms with Crippen LogP contribution in [0.2, 0.25) is 0 Å². The molecule has 3 rings (SSSR count). The molecule has 2 aliphatic heterocycles. The summed E-state index contributed by atoms with van der Waals surface area (Å²) >= 11 is 0. The Kier molecular flexibility index (Phi) is 4.66. The third-order valence-electron chi connectivity index (χ3n) is 4.21. The maximum atomic E-state index is 12.3. The molecule has 0 spiro atoms. The fraction of sp³-hybridized carbons (Fsp3) is 0.500. The molecule has 0 aliphatic carbocycles. The van der Waals surface area contributed by atoms with Gasteiger partial charge in [0, 0.05) is 25.9 Å². The number of sulfonamides is 1. The van der Waals surface area contributed by atoms with Crippen molar-refractivity contribution in [2.24, 2.45) is 4.40 Å². The van der Waals surface area contributed by atoms with Crippen LogP contribution in [0.4, 0.5) is 5.69 Å². The Morgan fingerprint density at radius 2 is 1.83 bits per heavy atom. The first kappa shape index (κ1) is 16.0. The highest BCUT2D eigenvalue weighted by Crippen LogP contribution is 2.27. The maximum Gasteiger partial charge on any atom is 0.286 e. The molecule has 0 atom stereocenters. The molecule has 1 N–H and O–H groups in total. The Labute approximate surface area is 136 Å². The smallest absolute Gasteiger partial charge is 0.286 e. The van der Waals surface area contributed by atoms with Gasteiger partial charge in [0.15, 0.2) is 0 Å². The number of benzene rings is 1. The summed E-state index contributed by atoms with van der Waals surface area (Å²) in [6.45, 7) is 1.61. The van der Waals surface area contributed by atoms with Crippen LogP contribution in [0.1, 0.15) is 38.5 Å². The van der Waals surface area contributed by atoms with Gasteiger partial charge in [-0.15, -0.1) is 4.40 Å². The van der Waals surface area contributed by atoms with Gasteiger partial charge in [-0.3, -0.25) is 4.79 Å². The van der Waals surface area contributed by atoms with Gasteiger partial charge in [0.25, 0.3) is 10.0 Å². The fourth-order valence-electron chi connectivity index (χ4n) is 2.98. The number of hydrogen-bond donors (Lipinski definition) is 1. The van der Waals surface area contributed by atoms with Crippen LogP contribution in [0.25, 0.3) is 0 Å². The lowest BCUT2D eigenvalue weighted by molar-refractivity contribution is -0.131. The minimum absolute atomic E-state index is 0.0765. The van der Waals surface area contributed by atoms with Crippen molar-refractivity contribution in [2.45, 2.75) is 43.4 Å². The number of para-hydroxylation sites is 1. The van der Waals surface area contributed by atoms with Crippen LogP contribution >= 0.6 is 0 Å². The first-order valence-electron chi connectivity index (χ1n) is 8.04. The zero-order chi connectivity index (χ0) is 16.3. The molecule has 2 heterocycles. The predicted molar refractivity (Wildman–Crippen MR) is 89.0 cm³/mol. The van der Waals surface area contributed by atoms with Gasteiger partial charge in [0.1, 0.15) is 10.7 Å². The van der Waals surface area contributed by atoms with Gasteiger partial charge >= 0.3 is 0 Å². The number of anilines is 1. The van der Waals surface area contributed by atoms with Crippen molar-refractivity contribution < 1.29 is 13.2 Å². The summed E-state index contributed by atoms with van der Waals surface area (Å²) in [7, 11) is -3.67. The third-order valence-corrected chi connectivity index (χ3v) is 5.58. The molecular formula is C16H21N3O3S. The summed E-state index contributed by atoms with van der Waals surface area (Å²) in [6, 6.07) is 6.67. The third kappa shape index (κ3) is 3.72. The van der Waals surface area contributed by atoms with E-state index in [2.05, 4.69) is 9.71 Å². The molecule has 0 saturated carbocycles. The SMILES string of the molecule is O=C(CCC1=NS(=O)(=O)c2ccccc2N1)N1CCCCCC1. The molecule has 2 aliphatic rings. The Morgan fingerprint density at radius 3 is 2.57 bits per heavy atom. The second-order valence-corrected chi connectivity index (χ2v) is 7.50. The molecule has 6 nitrogen and oxygen atoms in total. The summed E-state index contributed by atoms with van der Waals surface area (Å²) < 4.78 is 28.1. The van der Waals surface area contributed by atoms with Gasteiger partial charge < -0.3 is 10.2 Å². The highest BCUT2D eigenvalue weighted by molar-refractivity contribution is 7.90. The number of rotatable bonds is 3. The number of nitrogens with one attached hydrogen (secondary N) is 1. The van der Waals surface area contributed by atoms with Crippen molar-refractivity contribution in [3.63, 3.8) is 0 Å². The standard InChI is InChI=1S/C16H21N3O3S/c20-16(19-11-5-1-2-6-12-19)10-9-15-17-13-7-3-4-8-14(13)23(21,22)18-15/h3-4,7-8H,1-2,5-6,9-12H2,(H,17,18). The first-order valence-corrected chi connectivity index (χ1v) is 9.48. The van der Waals surface area contributed by atoms with Gasteiger partial charge in [-0.05, 0) is 25.0 Å². The van der Waals surface area contributed by atoms with Gasteiger partial charge in [-0.1, -0.05) is 25.0 Å². The number of carbonyl (C=O) groups is 1. The Bertz CT molecular complexity index is 720. The first-order chi connectivity index (χ1) is 11.1. The van der Waals surface area contributed by atoms with E-state index >= 15 is 0 Å². The van der Waals surface area contributed by atoms with Crippen molar-refractivity contribution >= 4 is 27.5 Å². The van der Waals surface area contributed by atoms with Crippen LogP contribution in [0.15, 0.2) is 33.6 Å². The van der Waals surface area contributed by atoms with E-state index in [0.29, 0.717) is 17.9 Å². The lowest BCUT2D eigenvalue weighted by Crippen LogP contribution is -2.32. The molecule has 0 aromatic heterocycles. The van der Waals surface area contributed by atoms with E-state index in [1.165, 1.54) is 18.9 Å². The number of likely N-dealkylation sites (tertiary alicyclic amines) is 1. The van der Waals surface area contributed by atoms with E-state index in [1.54, 1.807) is 18.2 Å². The molecule has 7 heteroatoms. The van der Waals surface area contributed by atoms with Gasteiger partial charge in [-0.2, -0.15) is 8.42 Å². The number of nitrogens with zero attached hydrogens (tertiary/aromatic N) is 2. The van der Waals surface area contributed by atoms with Crippen LogP contribution in [-0.4, -0.2) is 38.2 Å². The maximum absolute atomic E-state index is 12.3. The molecule has 124 valence electrons. The van der Waals surface area contributed by atoms with E-state index in [0.717, 1.165) is 25.9 Å². The summed E-state index contributed by atoms with van der Waals surface area (Å²) in [6.07, 6.45) is 5.03. The Morgan fingerprint density at radius 1 is 1.13 bits per heavy atom. The second kappa shape index (κ2) is 6.70. The van der Waals surface area contributed by atoms with E-state index in [-0.39, 0.29) is 17.2 Å². The van der Waals surface area contributed by atoms with Crippen LogP contribution in [0, 0.1) is 0 Å². The van der Waals surface area contributed by atoms with Gasteiger partial charge in [-0.25, -0.2) is 0 Å². The minimum atomic E-state index is -3.67. The predicted octanol–water partition coefficient (Wildman–Crippen LogP) is 2.38. The van der Waals surface area contributed by atoms with Crippen molar-refractivity contribution in [3.05, 3.63) is 24.3 Å². The quantitative estimate of drug-likeness (QED) is 0.920. The van der Waals surface area contributed by atoms with E-state index < -0.39 is 10.0 Å². The molecule has 0 radical (unpaired) electrons. The summed E-state index contributed by atoms with van der Waals surface area (Å²) in [5.74, 6) is 0.416. The number of hydrogen-bond acceptors (Lipinski definition) is 4. The largest absolute Gasteiger partial charge is 0.343 e. The molecule has 1 aromatic rings. The lowest BCUT2D eigenvalue weighted by Gasteiger charge is -2.21. The van der Waals surface area contributed by atoms with Crippen LogP contribution in [0.5, 0.6) is 0 Å². The average Bonchev–Trinajstić information content (AvgIpc) is 2.81. The van der Waals surface area contributed by atoms with Crippen molar-refractivity contribution in [1.29, 1.82) is 0 Å². The van der Waals surface area contributed by atoms with Crippen LogP contribution in [-0.2, 0) is 14.8 Å². The van der Waals surface area contributed by atoms with Crippen molar-refractivity contribution in [3.8, 4) is 0 Å². The van der Waals surface area contributed by atoms with Crippen molar-refractivity contribution in [1.82, 2.24) is 4.90 Å². The number of fused-ring (bicyclic) bond motifs is 1. The summed E-state index contributed by atoms with van der Waals surface area (Å²) in [5, 5.41) is 3.02. The average molecular weight is 335 g/mol. The van der Waals surface area contributed by atoms with E-state index in [9.17, 15) is 13.2 Å². The number of amides is 1. The Hall–Kier alpha value is -1.89. The zero-order valence-electron chi connectivity index (χ0n) is 13.0. The molecular weight excluding hydrogens is 314 g/mol.